The summed E-state index contributed by atoms with van der Waals surface area (Å²) < 4.78 is 9.13. The minimum absolute atomic E-state index is 0.282. The van der Waals surface area contributed by atoms with Gasteiger partial charge in [-0.05, 0) is 30.5 Å². The number of ether oxygens (including phenoxy) is 2. The number of carbonyl (C=O) groups is 3. The zero-order valence-corrected chi connectivity index (χ0v) is 12.7. The monoisotopic (exact) mass is 308 g/mol. The molecule has 22 heavy (non-hydrogen) atoms. The largest absolute Gasteiger partial charge is 0.481 e. The molecule has 0 bridgehead atoms. The Morgan fingerprint density at radius 1 is 1.05 bits per heavy atom. The topological polar surface area (TPSA) is 89.9 Å². The molecule has 0 amide bonds. The molecule has 1 aromatic carbocycles. The van der Waals surface area contributed by atoms with E-state index in [0.29, 0.717) is 30.4 Å². The fourth-order valence-electron chi connectivity index (χ4n) is 2.12. The Labute approximate surface area is 129 Å². The predicted octanol–water partition coefficient (Wildman–Crippen LogP) is 2.37. The highest BCUT2D eigenvalue weighted by Gasteiger charge is 2.20. The second kappa shape index (κ2) is 8.81. The van der Waals surface area contributed by atoms with E-state index in [9.17, 15) is 19.5 Å². The fraction of sp³-hybridized carbons (Fsp3) is 0.438. The summed E-state index contributed by atoms with van der Waals surface area (Å²) in [5, 5.41) is 9.32. The Bertz CT molecular complexity index is 520. The van der Waals surface area contributed by atoms with Gasteiger partial charge in [0.15, 0.2) is 0 Å². The number of aliphatic carboxylic acids is 1. The summed E-state index contributed by atoms with van der Waals surface area (Å²) >= 11 is 0. The number of hydrogen-bond acceptors (Lipinski definition) is 5. The molecular weight excluding hydrogens is 288 g/mol. The molecule has 1 rings (SSSR count). The van der Waals surface area contributed by atoms with Crippen LogP contribution in [0.2, 0.25) is 0 Å². The summed E-state index contributed by atoms with van der Waals surface area (Å²) in [5.74, 6) is -2.35. The summed E-state index contributed by atoms with van der Waals surface area (Å²) in [6, 6.07) is 6.33. The number of carboxylic acid groups (broad SMARTS) is 1. The molecule has 0 heterocycles. The Kier molecular flexibility index (Phi) is 7.08. The maximum Gasteiger partial charge on any atom is 0.337 e. The molecule has 1 aromatic rings. The predicted molar refractivity (Wildman–Crippen MR) is 78.6 cm³/mol. The number of carboxylic acids is 1. The first kappa shape index (κ1) is 17.7. The minimum Gasteiger partial charge on any atom is -0.481 e. The normalized spacial score (nSPS) is 11.5. The molecule has 0 spiro atoms. The lowest BCUT2D eigenvalue weighted by molar-refractivity contribution is -0.140. The summed E-state index contributed by atoms with van der Waals surface area (Å²) in [4.78, 5) is 33.7. The van der Waals surface area contributed by atoms with Crippen molar-refractivity contribution in [3.63, 3.8) is 0 Å². The highest BCUT2D eigenvalue weighted by atomic mass is 16.5. The zero-order chi connectivity index (χ0) is 16.5. The molecule has 1 unspecified atom stereocenters. The number of unbranched alkanes of at least 4 members (excludes halogenated alkanes) is 1. The van der Waals surface area contributed by atoms with E-state index < -0.39 is 17.9 Å². The van der Waals surface area contributed by atoms with E-state index in [2.05, 4.69) is 9.47 Å². The van der Waals surface area contributed by atoms with Crippen LogP contribution in [-0.4, -0.2) is 37.2 Å². The second-order valence-electron chi connectivity index (χ2n) is 4.83. The van der Waals surface area contributed by atoms with Gasteiger partial charge >= 0.3 is 17.9 Å². The molecule has 120 valence electrons. The Morgan fingerprint density at radius 2 is 1.68 bits per heavy atom. The highest BCUT2D eigenvalue weighted by Crippen LogP contribution is 2.23. The van der Waals surface area contributed by atoms with Crippen LogP contribution in [0.4, 0.5) is 0 Å². The van der Waals surface area contributed by atoms with Crippen LogP contribution in [-0.2, 0) is 19.1 Å². The van der Waals surface area contributed by atoms with Gasteiger partial charge in [-0.3, -0.25) is 9.59 Å². The average molecular weight is 308 g/mol. The smallest absolute Gasteiger partial charge is 0.337 e. The van der Waals surface area contributed by atoms with Crippen molar-refractivity contribution in [2.75, 3.05) is 14.2 Å². The SMILES string of the molecule is COC(=O)CCCCC(C(=O)O)c1ccc(C(=O)OC)cc1. The van der Waals surface area contributed by atoms with Crippen molar-refractivity contribution >= 4 is 17.9 Å². The molecular formula is C16H20O6. The molecule has 0 aliphatic rings. The fourth-order valence-corrected chi connectivity index (χ4v) is 2.12. The zero-order valence-electron chi connectivity index (χ0n) is 12.7. The van der Waals surface area contributed by atoms with E-state index in [1.165, 1.54) is 14.2 Å². The molecule has 1 atom stereocenters. The number of methoxy groups -OCH3 is 2. The van der Waals surface area contributed by atoms with E-state index in [4.69, 9.17) is 0 Å². The van der Waals surface area contributed by atoms with Crippen molar-refractivity contribution in [2.24, 2.45) is 0 Å². The van der Waals surface area contributed by atoms with Crippen LogP contribution < -0.4 is 0 Å². The first-order chi connectivity index (χ1) is 10.5. The van der Waals surface area contributed by atoms with Crippen molar-refractivity contribution in [2.45, 2.75) is 31.6 Å². The Hall–Kier alpha value is -2.37. The van der Waals surface area contributed by atoms with Crippen LogP contribution in [0, 0.1) is 0 Å². The average Bonchev–Trinajstić information content (AvgIpc) is 2.53. The van der Waals surface area contributed by atoms with E-state index in [1.807, 2.05) is 0 Å². The molecule has 0 aliphatic heterocycles. The third-order valence-electron chi connectivity index (χ3n) is 3.38. The molecule has 6 heteroatoms. The van der Waals surface area contributed by atoms with Crippen molar-refractivity contribution in [3.05, 3.63) is 35.4 Å². The summed E-state index contributed by atoms with van der Waals surface area (Å²) in [6.45, 7) is 0. The van der Waals surface area contributed by atoms with E-state index in [0.717, 1.165) is 0 Å². The van der Waals surface area contributed by atoms with Gasteiger partial charge in [-0.25, -0.2) is 4.79 Å². The van der Waals surface area contributed by atoms with Crippen molar-refractivity contribution in [3.8, 4) is 0 Å². The molecule has 1 N–H and O–H groups in total. The second-order valence-corrected chi connectivity index (χ2v) is 4.83. The number of hydrogen-bond donors (Lipinski definition) is 1. The van der Waals surface area contributed by atoms with Crippen LogP contribution in [0.25, 0.3) is 0 Å². The number of carbonyl (C=O) groups excluding carboxylic acids is 2. The third kappa shape index (κ3) is 5.20. The van der Waals surface area contributed by atoms with Gasteiger partial charge in [0, 0.05) is 6.42 Å². The lowest BCUT2D eigenvalue weighted by Gasteiger charge is -2.13. The quantitative estimate of drug-likeness (QED) is 0.586. The first-order valence-electron chi connectivity index (χ1n) is 6.97. The van der Waals surface area contributed by atoms with Gasteiger partial charge in [-0.15, -0.1) is 0 Å². The lowest BCUT2D eigenvalue weighted by atomic mass is 9.92. The Balaban J connectivity index is 2.65. The van der Waals surface area contributed by atoms with Crippen LogP contribution in [0.1, 0.15) is 47.5 Å². The molecule has 0 aliphatic carbocycles. The maximum absolute atomic E-state index is 11.4. The standard InChI is InChI=1S/C16H20O6/c1-21-14(17)6-4-3-5-13(15(18)19)11-7-9-12(10-8-11)16(20)22-2/h7-10,13H,3-6H2,1-2H3,(H,18,19). The van der Waals surface area contributed by atoms with Crippen LogP contribution in [0.5, 0.6) is 0 Å². The van der Waals surface area contributed by atoms with Gasteiger partial charge in [0.2, 0.25) is 0 Å². The minimum atomic E-state index is -0.927. The van der Waals surface area contributed by atoms with Crippen molar-refractivity contribution < 1.29 is 29.0 Å². The van der Waals surface area contributed by atoms with E-state index >= 15 is 0 Å². The maximum atomic E-state index is 11.4. The molecule has 6 nitrogen and oxygen atoms in total. The van der Waals surface area contributed by atoms with Gasteiger partial charge in [0.1, 0.15) is 0 Å². The molecule has 0 fully saturated rings. The van der Waals surface area contributed by atoms with Crippen LogP contribution in [0.15, 0.2) is 24.3 Å². The number of rotatable bonds is 8. The van der Waals surface area contributed by atoms with Gasteiger partial charge in [0.25, 0.3) is 0 Å². The van der Waals surface area contributed by atoms with Gasteiger partial charge in [0.05, 0.1) is 25.7 Å². The number of benzene rings is 1. The molecule has 0 saturated carbocycles. The molecule has 0 radical (unpaired) electrons. The van der Waals surface area contributed by atoms with Crippen LogP contribution in [0.3, 0.4) is 0 Å². The van der Waals surface area contributed by atoms with Gasteiger partial charge < -0.3 is 14.6 Å². The Morgan fingerprint density at radius 3 is 2.18 bits per heavy atom. The lowest BCUT2D eigenvalue weighted by Crippen LogP contribution is -2.12. The molecule has 0 aromatic heterocycles. The van der Waals surface area contributed by atoms with Crippen LogP contribution >= 0.6 is 0 Å². The van der Waals surface area contributed by atoms with Gasteiger partial charge in [-0.2, -0.15) is 0 Å². The summed E-state index contributed by atoms with van der Waals surface area (Å²) in [5.41, 5.74) is 0.999. The molecule has 0 saturated heterocycles. The van der Waals surface area contributed by atoms with E-state index in [-0.39, 0.29) is 12.4 Å². The van der Waals surface area contributed by atoms with Gasteiger partial charge in [-0.1, -0.05) is 18.6 Å². The van der Waals surface area contributed by atoms with E-state index in [1.54, 1.807) is 24.3 Å². The summed E-state index contributed by atoms with van der Waals surface area (Å²) in [7, 11) is 2.61. The first-order valence-corrected chi connectivity index (χ1v) is 6.97. The van der Waals surface area contributed by atoms with Crippen molar-refractivity contribution in [1.29, 1.82) is 0 Å². The summed E-state index contributed by atoms with van der Waals surface area (Å²) in [6.07, 6.45) is 1.88. The highest BCUT2D eigenvalue weighted by molar-refractivity contribution is 5.89. The third-order valence-corrected chi connectivity index (χ3v) is 3.38. The van der Waals surface area contributed by atoms with Crippen molar-refractivity contribution in [1.82, 2.24) is 0 Å². The number of esters is 2.